The molecule has 2 heteroatoms. The van der Waals surface area contributed by atoms with Crippen molar-refractivity contribution < 1.29 is 4.39 Å². The Morgan fingerprint density at radius 3 is 2.93 bits per heavy atom. The van der Waals surface area contributed by atoms with E-state index in [2.05, 4.69) is 6.92 Å². The molecule has 0 saturated heterocycles. The van der Waals surface area contributed by atoms with Crippen molar-refractivity contribution in [3.63, 3.8) is 0 Å². The third-order valence-electron chi connectivity index (χ3n) is 3.39. The van der Waals surface area contributed by atoms with Crippen LogP contribution < -0.4 is 5.73 Å². The van der Waals surface area contributed by atoms with Crippen LogP contribution in [0.3, 0.4) is 0 Å². The van der Waals surface area contributed by atoms with Gasteiger partial charge in [0.25, 0.3) is 0 Å². The summed E-state index contributed by atoms with van der Waals surface area (Å²) in [6.45, 7) is 2.25. The van der Waals surface area contributed by atoms with Gasteiger partial charge in [-0.25, -0.2) is 4.39 Å². The standard InChI is InChI=1S/C13H18FN/c1-13(6-5-12(15)9-13)8-10-3-2-4-11(14)7-10/h2-4,7,12H,5-6,8-9,15H2,1H3. The lowest BCUT2D eigenvalue weighted by Gasteiger charge is -2.23. The largest absolute Gasteiger partial charge is 0.328 e. The van der Waals surface area contributed by atoms with Crippen molar-refractivity contribution in [3.8, 4) is 0 Å². The molecule has 82 valence electrons. The quantitative estimate of drug-likeness (QED) is 0.792. The molecule has 15 heavy (non-hydrogen) atoms. The minimum Gasteiger partial charge on any atom is -0.328 e. The Labute approximate surface area is 90.5 Å². The van der Waals surface area contributed by atoms with Crippen molar-refractivity contribution in [3.05, 3.63) is 35.6 Å². The van der Waals surface area contributed by atoms with E-state index >= 15 is 0 Å². The first-order valence-electron chi connectivity index (χ1n) is 5.57. The molecule has 2 N–H and O–H groups in total. The molecule has 1 aliphatic rings. The highest BCUT2D eigenvalue weighted by Crippen LogP contribution is 2.39. The first-order valence-corrected chi connectivity index (χ1v) is 5.57. The third kappa shape index (κ3) is 2.57. The predicted octanol–water partition coefficient (Wildman–Crippen LogP) is 2.89. The zero-order valence-corrected chi connectivity index (χ0v) is 9.17. The Morgan fingerprint density at radius 1 is 1.53 bits per heavy atom. The summed E-state index contributed by atoms with van der Waals surface area (Å²) in [5.74, 6) is -0.140. The molecule has 2 unspecified atom stereocenters. The average Bonchev–Trinajstić information content (AvgIpc) is 2.45. The van der Waals surface area contributed by atoms with Gasteiger partial charge < -0.3 is 5.73 Å². The van der Waals surface area contributed by atoms with Crippen LogP contribution in [0.2, 0.25) is 0 Å². The molecule has 1 nitrogen and oxygen atoms in total. The molecule has 2 atom stereocenters. The fourth-order valence-corrected chi connectivity index (χ4v) is 2.67. The molecule has 1 saturated carbocycles. The second-order valence-electron chi connectivity index (χ2n) is 5.12. The van der Waals surface area contributed by atoms with Gasteiger partial charge in [-0.15, -0.1) is 0 Å². The molecule has 0 amide bonds. The molecule has 0 aromatic heterocycles. The third-order valence-corrected chi connectivity index (χ3v) is 3.39. The monoisotopic (exact) mass is 207 g/mol. The molecular formula is C13H18FN. The Bertz CT molecular complexity index is 350. The summed E-state index contributed by atoms with van der Waals surface area (Å²) in [6, 6.07) is 7.24. The maximum Gasteiger partial charge on any atom is 0.123 e. The highest BCUT2D eigenvalue weighted by Gasteiger charge is 2.33. The van der Waals surface area contributed by atoms with Gasteiger partial charge in [-0.3, -0.25) is 0 Å². The molecule has 2 rings (SSSR count). The minimum atomic E-state index is -0.140. The summed E-state index contributed by atoms with van der Waals surface area (Å²) in [5, 5.41) is 0. The van der Waals surface area contributed by atoms with E-state index in [1.807, 2.05) is 6.07 Å². The van der Waals surface area contributed by atoms with Gasteiger partial charge in [0, 0.05) is 6.04 Å². The molecule has 0 spiro atoms. The van der Waals surface area contributed by atoms with E-state index in [0.717, 1.165) is 31.2 Å². The molecule has 1 aromatic carbocycles. The van der Waals surface area contributed by atoms with Crippen LogP contribution in [0.4, 0.5) is 4.39 Å². The maximum absolute atomic E-state index is 13.0. The maximum atomic E-state index is 13.0. The lowest BCUT2D eigenvalue weighted by Crippen LogP contribution is -2.21. The van der Waals surface area contributed by atoms with Crippen molar-refractivity contribution in [1.82, 2.24) is 0 Å². The van der Waals surface area contributed by atoms with Gasteiger partial charge in [0.05, 0.1) is 0 Å². The van der Waals surface area contributed by atoms with Gasteiger partial charge in [-0.2, -0.15) is 0 Å². The number of rotatable bonds is 2. The second-order valence-corrected chi connectivity index (χ2v) is 5.12. The smallest absolute Gasteiger partial charge is 0.123 e. The Hall–Kier alpha value is -0.890. The highest BCUT2D eigenvalue weighted by atomic mass is 19.1. The molecule has 0 heterocycles. The van der Waals surface area contributed by atoms with Crippen molar-refractivity contribution in [1.29, 1.82) is 0 Å². The van der Waals surface area contributed by atoms with Crippen LogP contribution in [0.25, 0.3) is 0 Å². The van der Waals surface area contributed by atoms with Crippen molar-refractivity contribution in [2.75, 3.05) is 0 Å². The molecule has 0 bridgehead atoms. The molecule has 0 aliphatic heterocycles. The SMILES string of the molecule is CC1(Cc2cccc(F)c2)CCC(N)C1. The van der Waals surface area contributed by atoms with Gasteiger partial charge in [-0.1, -0.05) is 19.1 Å². The summed E-state index contributed by atoms with van der Waals surface area (Å²) in [6.07, 6.45) is 4.26. The summed E-state index contributed by atoms with van der Waals surface area (Å²) in [7, 11) is 0. The minimum absolute atomic E-state index is 0.140. The van der Waals surface area contributed by atoms with E-state index in [-0.39, 0.29) is 11.2 Å². The van der Waals surface area contributed by atoms with Crippen molar-refractivity contribution >= 4 is 0 Å². The first kappa shape index (κ1) is 10.6. The zero-order valence-electron chi connectivity index (χ0n) is 9.17. The number of halogens is 1. The van der Waals surface area contributed by atoms with E-state index in [9.17, 15) is 4.39 Å². The van der Waals surface area contributed by atoms with E-state index in [4.69, 9.17) is 5.73 Å². The summed E-state index contributed by atoms with van der Waals surface area (Å²) < 4.78 is 13.0. The lowest BCUT2D eigenvalue weighted by atomic mass is 9.82. The normalized spacial score (nSPS) is 30.7. The van der Waals surface area contributed by atoms with E-state index in [1.165, 1.54) is 6.07 Å². The van der Waals surface area contributed by atoms with Gasteiger partial charge in [0.2, 0.25) is 0 Å². The topological polar surface area (TPSA) is 26.0 Å². The van der Waals surface area contributed by atoms with Crippen LogP contribution in [0.5, 0.6) is 0 Å². The number of benzene rings is 1. The molecule has 1 aliphatic carbocycles. The van der Waals surface area contributed by atoms with E-state index < -0.39 is 0 Å². The predicted molar refractivity (Wildman–Crippen MR) is 60.0 cm³/mol. The Morgan fingerprint density at radius 2 is 2.33 bits per heavy atom. The Balaban J connectivity index is 2.08. The molecule has 0 radical (unpaired) electrons. The van der Waals surface area contributed by atoms with E-state index in [0.29, 0.717) is 6.04 Å². The zero-order chi connectivity index (χ0) is 10.9. The van der Waals surface area contributed by atoms with Crippen LogP contribution in [0, 0.1) is 11.2 Å². The van der Waals surface area contributed by atoms with Crippen molar-refractivity contribution in [2.24, 2.45) is 11.1 Å². The van der Waals surface area contributed by atoms with Crippen LogP contribution in [-0.4, -0.2) is 6.04 Å². The number of hydrogen-bond donors (Lipinski definition) is 1. The average molecular weight is 207 g/mol. The van der Waals surface area contributed by atoms with Gasteiger partial charge >= 0.3 is 0 Å². The van der Waals surface area contributed by atoms with Gasteiger partial charge in [0.15, 0.2) is 0 Å². The van der Waals surface area contributed by atoms with Gasteiger partial charge in [-0.05, 0) is 48.8 Å². The highest BCUT2D eigenvalue weighted by molar-refractivity contribution is 5.18. The fraction of sp³-hybridized carbons (Fsp3) is 0.538. The first-order chi connectivity index (χ1) is 7.07. The molecule has 1 fully saturated rings. The summed E-state index contributed by atoms with van der Waals surface area (Å²) in [5.41, 5.74) is 7.28. The number of hydrogen-bond acceptors (Lipinski definition) is 1. The van der Waals surface area contributed by atoms with E-state index in [1.54, 1.807) is 12.1 Å². The van der Waals surface area contributed by atoms with Crippen LogP contribution in [0.1, 0.15) is 31.7 Å². The fourth-order valence-electron chi connectivity index (χ4n) is 2.67. The summed E-state index contributed by atoms with van der Waals surface area (Å²) in [4.78, 5) is 0. The van der Waals surface area contributed by atoms with Gasteiger partial charge in [0.1, 0.15) is 5.82 Å². The van der Waals surface area contributed by atoms with Crippen LogP contribution in [-0.2, 0) is 6.42 Å². The lowest BCUT2D eigenvalue weighted by molar-refractivity contribution is 0.329. The van der Waals surface area contributed by atoms with Crippen LogP contribution in [0.15, 0.2) is 24.3 Å². The Kier molecular flexibility index (Phi) is 2.79. The number of nitrogens with two attached hydrogens (primary N) is 1. The molecular weight excluding hydrogens is 189 g/mol. The second kappa shape index (κ2) is 3.93. The molecule has 1 aromatic rings. The summed E-state index contributed by atoms with van der Waals surface area (Å²) >= 11 is 0. The van der Waals surface area contributed by atoms with Crippen LogP contribution >= 0.6 is 0 Å². The van der Waals surface area contributed by atoms with Crippen molar-refractivity contribution in [2.45, 2.75) is 38.6 Å².